The molecular formula is C19H28N4O. The number of rotatable bonds is 8. The topological polar surface area (TPSA) is 72.9 Å². The Hall–Kier alpha value is -1.98. The van der Waals surface area contributed by atoms with Crippen LogP contribution in [0.5, 0.6) is 0 Å². The minimum absolute atomic E-state index is 0.00683. The molecule has 0 saturated heterocycles. The van der Waals surface area contributed by atoms with Gasteiger partial charge in [-0.15, -0.1) is 0 Å². The lowest BCUT2D eigenvalue weighted by atomic mass is 10.0. The predicted molar refractivity (Wildman–Crippen MR) is 98.0 cm³/mol. The first-order chi connectivity index (χ1) is 11.5. The Balaban J connectivity index is 2.40. The molecule has 1 atom stereocenters. The van der Waals surface area contributed by atoms with E-state index in [2.05, 4.69) is 19.2 Å². The number of hydrogen-bond donors (Lipinski definition) is 2. The van der Waals surface area contributed by atoms with E-state index in [0.29, 0.717) is 19.0 Å². The largest absolute Gasteiger partial charge is 0.330 e. The first-order valence-corrected chi connectivity index (χ1v) is 8.58. The summed E-state index contributed by atoms with van der Waals surface area (Å²) in [6.45, 7) is 8.15. The van der Waals surface area contributed by atoms with Crippen LogP contribution in [0.4, 0.5) is 0 Å². The zero-order chi connectivity index (χ0) is 17.5. The van der Waals surface area contributed by atoms with Gasteiger partial charge in [-0.25, -0.2) is 4.98 Å². The quantitative estimate of drug-likeness (QED) is 0.729. The van der Waals surface area contributed by atoms with Crippen molar-refractivity contribution in [2.45, 2.75) is 39.8 Å². The Morgan fingerprint density at radius 3 is 2.58 bits per heavy atom. The Labute approximate surface area is 143 Å². The SMILES string of the molecule is Cc1cc(=O)n(Cc2ccccc2)c(C(NCCCN)C(C)C)n1. The van der Waals surface area contributed by atoms with Crippen molar-refractivity contribution in [3.63, 3.8) is 0 Å². The van der Waals surface area contributed by atoms with Crippen LogP contribution < -0.4 is 16.6 Å². The Morgan fingerprint density at radius 2 is 1.96 bits per heavy atom. The molecule has 0 aliphatic rings. The van der Waals surface area contributed by atoms with Gasteiger partial charge in [0.1, 0.15) is 5.82 Å². The van der Waals surface area contributed by atoms with Crippen LogP contribution in [0.2, 0.25) is 0 Å². The molecule has 3 N–H and O–H groups in total. The van der Waals surface area contributed by atoms with Gasteiger partial charge in [0.2, 0.25) is 0 Å². The molecule has 0 amide bonds. The van der Waals surface area contributed by atoms with Crippen LogP contribution in [-0.4, -0.2) is 22.6 Å². The first kappa shape index (κ1) is 18.4. The van der Waals surface area contributed by atoms with Gasteiger partial charge in [0.25, 0.3) is 5.56 Å². The minimum Gasteiger partial charge on any atom is -0.330 e. The van der Waals surface area contributed by atoms with E-state index in [1.54, 1.807) is 10.6 Å². The Morgan fingerprint density at radius 1 is 1.25 bits per heavy atom. The smallest absolute Gasteiger partial charge is 0.254 e. The van der Waals surface area contributed by atoms with Gasteiger partial charge in [-0.2, -0.15) is 0 Å². The van der Waals surface area contributed by atoms with Gasteiger partial charge in [-0.05, 0) is 37.9 Å². The molecule has 0 aliphatic carbocycles. The normalized spacial score (nSPS) is 12.5. The number of benzene rings is 1. The average Bonchev–Trinajstić information content (AvgIpc) is 2.55. The van der Waals surface area contributed by atoms with Crippen molar-refractivity contribution in [3.8, 4) is 0 Å². The molecule has 24 heavy (non-hydrogen) atoms. The molecule has 5 nitrogen and oxygen atoms in total. The molecule has 5 heteroatoms. The van der Waals surface area contributed by atoms with Gasteiger partial charge >= 0.3 is 0 Å². The third-order valence-electron chi connectivity index (χ3n) is 4.04. The monoisotopic (exact) mass is 328 g/mol. The van der Waals surface area contributed by atoms with Crippen molar-refractivity contribution in [2.75, 3.05) is 13.1 Å². The van der Waals surface area contributed by atoms with E-state index in [4.69, 9.17) is 10.7 Å². The highest BCUT2D eigenvalue weighted by Crippen LogP contribution is 2.20. The molecule has 0 fully saturated rings. The summed E-state index contributed by atoms with van der Waals surface area (Å²) in [5.41, 5.74) is 7.44. The number of nitrogens with zero attached hydrogens (tertiary/aromatic N) is 2. The van der Waals surface area contributed by atoms with Crippen LogP contribution in [-0.2, 0) is 6.54 Å². The lowest BCUT2D eigenvalue weighted by Gasteiger charge is -2.25. The highest BCUT2D eigenvalue weighted by atomic mass is 16.1. The van der Waals surface area contributed by atoms with E-state index >= 15 is 0 Å². The van der Waals surface area contributed by atoms with E-state index in [9.17, 15) is 4.79 Å². The summed E-state index contributed by atoms with van der Waals surface area (Å²) in [5, 5.41) is 3.51. The van der Waals surface area contributed by atoms with Crippen LogP contribution in [0.15, 0.2) is 41.2 Å². The number of nitrogens with two attached hydrogens (primary N) is 1. The number of aryl methyl sites for hydroxylation is 1. The number of nitrogens with one attached hydrogen (secondary N) is 1. The second-order valence-corrected chi connectivity index (χ2v) is 6.48. The van der Waals surface area contributed by atoms with Crippen molar-refractivity contribution in [2.24, 2.45) is 11.7 Å². The minimum atomic E-state index is -0.00683. The van der Waals surface area contributed by atoms with E-state index in [-0.39, 0.29) is 11.6 Å². The van der Waals surface area contributed by atoms with Gasteiger partial charge < -0.3 is 11.1 Å². The van der Waals surface area contributed by atoms with E-state index in [0.717, 1.165) is 30.0 Å². The second-order valence-electron chi connectivity index (χ2n) is 6.48. The standard InChI is InChI=1S/C19H28N4O/c1-14(2)18(21-11-7-10-20)19-22-15(3)12-17(24)23(19)13-16-8-5-4-6-9-16/h4-6,8-9,12,14,18,21H,7,10-11,13,20H2,1-3H3. The van der Waals surface area contributed by atoms with Crippen LogP contribution in [0.25, 0.3) is 0 Å². The van der Waals surface area contributed by atoms with E-state index in [1.165, 1.54) is 0 Å². The third-order valence-corrected chi connectivity index (χ3v) is 4.04. The highest BCUT2D eigenvalue weighted by Gasteiger charge is 2.21. The van der Waals surface area contributed by atoms with E-state index in [1.807, 2.05) is 37.3 Å². The first-order valence-electron chi connectivity index (χ1n) is 8.58. The van der Waals surface area contributed by atoms with Crippen LogP contribution >= 0.6 is 0 Å². The number of hydrogen-bond acceptors (Lipinski definition) is 4. The molecule has 1 aromatic carbocycles. The van der Waals surface area contributed by atoms with Crippen LogP contribution in [0.1, 0.15) is 43.4 Å². The molecule has 2 rings (SSSR count). The molecule has 1 unspecified atom stereocenters. The fourth-order valence-electron chi connectivity index (χ4n) is 2.79. The van der Waals surface area contributed by atoms with Crippen LogP contribution in [0, 0.1) is 12.8 Å². The molecule has 0 spiro atoms. The van der Waals surface area contributed by atoms with Gasteiger partial charge in [-0.3, -0.25) is 9.36 Å². The molecular weight excluding hydrogens is 300 g/mol. The van der Waals surface area contributed by atoms with Crippen molar-refractivity contribution >= 4 is 0 Å². The summed E-state index contributed by atoms with van der Waals surface area (Å²) in [6, 6.07) is 11.6. The second kappa shape index (κ2) is 8.76. The highest BCUT2D eigenvalue weighted by molar-refractivity contribution is 5.17. The summed E-state index contributed by atoms with van der Waals surface area (Å²) in [6.07, 6.45) is 0.901. The Bertz CT molecular complexity index is 694. The summed E-state index contributed by atoms with van der Waals surface area (Å²) >= 11 is 0. The maximum absolute atomic E-state index is 12.6. The van der Waals surface area contributed by atoms with Crippen molar-refractivity contribution in [1.82, 2.24) is 14.9 Å². The van der Waals surface area contributed by atoms with E-state index < -0.39 is 0 Å². The summed E-state index contributed by atoms with van der Waals surface area (Å²) in [5.74, 6) is 1.12. The zero-order valence-corrected chi connectivity index (χ0v) is 14.8. The zero-order valence-electron chi connectivity index (χ0n) is 14.8. The molecule has 0 bridgehead atoms. The summed E-state index contributed by atoms with van der Waals surface area (Å²) in [4.78, 5) is 17.3. The van der Waals surface area contributed by atoms with Gasteiger partial charge in [0.05, 0.1) is 12.6 Å². The summed E-state index contributed by atoms with van der Waals surface area (Å²) < 4.78 is 1.78. The molecule has 1 heterocycles. The van der Waals surface area contributed by atoms with Crippen molar-refractivity contribution < 1.29 is 0 Å². The predicted octanol–water partition coefficient (Wildman–Crippen LogP) is 2.24. The van der Waals surface area contributed by atoms with Gasteiger partial charge in [0, 0.05) is 11.8 Å². The lowest BCUT2D eigenvalue weighted by Crippen LogP contribution is -2.35. The maximum atomic E-state index is 12.6. The van der Waals surface area contributed by atoms with Crippen molar-refractivity contribution in [1.29, 1.82) is 0 Å². The fraction of sp³-hybridized carbons (Fsp3) is 0.474. The Kier molecular flexibility index (Phi) is 6.70. The van der Waals surface area contributed by atoms with Crippen LogP contribution in [0.3, 0.4) is 0 Å². The molecule has 0 saturated carbocycles. The average molecular weight is 328 g/mol. The molecule has 2 aromatic rings. The lowest BCUT2D eigenvalue weighted by molar-refractivity contribution is 0.375. The fourth-order valence-corrected chi connectivity index (χ4v) is 2.79. The third kappa shape index (κ3) is 4.76. The van der Waals surface area contributed by atoms with Crippen molar-refractivity contribution in [3.05, 3.63) is 63.8 Å². The van der Waals surface area contributed by atoms with Gasteiger partial charge in [0.15, 0.2) is 0 Å². The molecule has 1 aromatic heterocycles. The molecule has 130 valence electrons. The number of aromatic nitrogens is 2. The maximum Gasteiger partial charge on any atom is 0.254 e. The molecule has 0 aliphatic heterocycles. The molecule has 0 radical (unpaired) electrons. The summed E-state index contributed by atoms with van der Waals surface area (Å²) in [7, 11) is 0. The van der Waals surface area contributed by atoms with Gasteiger partial charge in [-0.1, -0.05) is 44.2 Å².